The first-order chi connectivity index (χ1) is 8.58. The van der Waals surface area contributed by atoms with Crippen LogP contribution in [0.1, 0.15) is 22.8 Å². The van der Waals surface area contributed by atoms with E-state index in [1.54, 1.807) is 18.2 Å². The minimum absolute atomic E-state index is 0.0242. The van der Waals surface area contributed by atoms with E-state index in [4.69, 9.17) is 0 Å². The van der Waals surface area contributed by atoms with Crippen LogP contribution in [-0.2, 0) is 9.59 Å². The molecule has 1 amide bonds. The van der Waals surface area contributed by atoms with Crippen molar-refractivity contribution in [2.75, 3.05) is 11.1 Å². The Morgan fingerprint density at radius 3 is 2.89 bits per heavy atom. The van der Waals surface area contributed by atoms with Gasteiger partial charge in [0, 0.05) is 12.5 Å². The van der Waals surface area contributed by atoms with Crippen LogP contribution in [0.2, 0.25) is 0 Å². The molecule has 2 rings (SSSR count). The van der Waals surface area contributed by atoms with E-state index in [0.29, 0.717) is 22.6 Å². The summed E-state index contributed by atoms with van der Waals surface area (Å²) in [6, 6.07) is 4.92. The van der Waals surface area contributed by atoms with E-state index in [1.807, 2.05) is 0 Å². The Kier molecular flexibility index (Phi) is 3.49. The maximum Gasteiger partial charge on any atom is 0.296 e. The molecule has 0 aliphatic carbocycles. The van der Waals surface area contributed by atoms with Crippen LogP contribution in [0.5, 0.6) is 0 Å². The summed E-state index contributed by atoms with van der Waals surface area (Å²) in [6.07, 6.45) is 0. The number of hydrogen-bond donors (Lipinski definition) is 1. The largest absolute Gasteiger partial charge is 0.318 e. The summed E-state index contributed by atoms with van der Waals surface area (Å²) >= 11 is 1.14. The average molecular weight is 259 g/mol. The van der Waals surface area contributed by atoms with Crippen molar-refractivity contribution in [2.24, 2.45) is 0 Å². The number of hydrogen-bond acceptors (Lipinski definition) is 4. The Morgan fingerprint density at radius 2 is 2.17 bits per heavy atom. The van der Waals surface area contributed by atoms with Crippen LogP contribution >= 0.6 is 11.8 Å². The van der Waals surface area contributed by atoms with Gasteiger partial charge in [0.1, 0.15) is 0 Å². The summed E-state index contributed by atoms with van der Waals surface area (Å²) in [4.78, 5) is 33.2. The number of carbonyl (C=O) groups excluding carboxylic acids is 3. The van der Waals surface area contributed by atoms with Crippen LogP contribution in [0.25, 0.3) is 0 Å². The lowest BCUT2D eigenvalue weighted by atomic mass is 10.1. The summed E-state index contributed by atoms with van der Waals surface area (Å²) in [5.74, 6) is 5.02. The molecule has 90 valence electrons. The first-order valence-electron chi connectivity index (χ1n) is 5.20. The van der Waals surface area contributed by atoms with Crippen molar-refractivity contribution < 1.29 is 14.4 Å². The molecule has 1 aromatic rings. The highest BCUT2D eigenvalue weighted by molar-refractivity contribution is 8.13. The third kappa shape index (κ3) is 2.60. The number of nitrogens with one attached hydrogen (secondary N) is 1. The Balaban J connectivity index is 2.14. The predicted octanol–water partition coefficient (Wildman–Crippen LogP) is 1.45. The van der Waals surface area contributed by atoms with Gasteiger partial charge >= 0.3 is 0 Å². The monoisotopic (exact) mass is 259 g/mol. The number of benzene rings is 1. The van der Waals surface area contributed by atoms with E-state index in [-0.39, 0.29) is 5.12 Å². The summed E-state index contributed by atoms with van der Waals surface area (Å²) in [5, 5.41) is 2.50. The van der Waals surface area contributed by atoms with Gasteiger partial charge in [0.15, 0.2) is 5.12 Å². The normalized spacial score (nSPS) is 12.5. The Labute approximate surface area is 108 Å². The van der Waals surface area contributed by atoms with Crippen molar-refractivity contribution in [1.82, 2.24) is 0 Å². The van der Waals surface area contributed by atoms with E-state index < -0.39 is 11.7 Å². The molecule has 1 heterocycles. The number of rotatable bonds is 1. The molecule has 1 aliphatic rings. The summed E-state index contributed by atoms with van der Waals surface area (Å²) in [7, 11) is 0. The SMILES string of the molecule is CC(=O)SCC#Cc1ccc2c(c1)NC(=O)C2=O. The molecular weight excluding hydrogens is 250 g/mol. The molecule has 1 N–H and O–H groups in total. The van der Waals surface area contributed by atoms with Gasteiger partial charge in [0.2, 0.25) is 0 Å². The molecule has 5 heteroatoms. The third-order valence-electron chi connectivity index (χ3n) is 2.30. The van der Waals surface area contributed by atoms with Gasteiger partial charge in [-0.25, -0.2) is 0 Å². The molecule has 0 unspecified atom stereocenters. The molecular formula is C13H9NO3S. The second-order valence-electron chi connectivity index (χ2n) is 3.63. The zero-order valence-electron chi connectivity index (χ0n) is 9.57. The van der Waals surface area contributed by atoms with E-state index in [2.05, 4.69) is 17.2 Å². The molecule has 0 saturated heterocycles. The fourth-order valence-corrected chi connectivity index (χ4v) is 1.85. The summed E-state index contributed by atoms with van der Waals surface area (Å²) < 4.78 is 0. The van der Waals surface area contributed by atoms with E-state index in [9.17, 15) is 14.4 Å². The van der Waals surface area contributed by atoms with Crippen molar-refractivity contribution in [3.63, 3.8) is 0 Å². The van der Waals surface area contributed by atoms with E-state index >= 15 is 0 Å². The molecule has 0 aromatic heterocycles. The predicted molar refractivity (Wildman–Crippen MR) is 69.4 cm³/mol. The highest BCUT2D eigenvalue weighted by Crippen LogP contribution is 2.23. The molecule has 0 bridgehead atoms. The molecule has 0 radical (unpaired) electrons. The number of carbonyl (C=O) groups is 3. The molecule has 0 fully saturated rings. The van der Waals surface area contributed by atoms with Gasteiger partial charge in [0.25, 0.3) is 11.7 Å². The van der Waals surface area contributed by atoms with Crippen molar-refractivity contribution in [2.45, 2.75) is 6.92 Å². The molecule has 0 saturated carbocycles. The highest BCUT2D eigenvalue weighted by Gasteiger charge is 2.27. The average Bonchev–Trinajstić information content (AvgIpc) is 2.60. The van der Waals surface area contributed by atoms with Gasteiger partial charge in [-0.3, -0.25) is 14.4 Å². The van der Waals surface area contributed by atoms with Crippen LogP contribution in [0.3, 0.4) is 0 Å². The first kappa shape index (κ1) is 12.4. The zero-order chi connectivity index (χ0) is 13.1. The van der Waals surface area contributed by atoms with E-state index in [0.717, 1.165) is 11.8 Å². The Bertz CT molecular complexity index is 610. The first-order valence-corrected chi connectivity index (χ1v) is 6.18. The van der Waals surface area contributed by atoms with Crippen molar-refractivity contribution >= 4 is 34.3 Å². The minimum Gasteiger partial charge on any atom is -0.318 e. The van der Waals surface area contributed by atoms with Gasteiger partial charge in [-0.1, -0.05) is 23.6 Å². The lowest BCUT2D eigenvalue weighted by molar-refractivity contribution is -0.112. The fourth-order valence-electron chi connectivity index (χ4n) is 1.50. The fraction of sp³-hybridized carbons (Fsp3) is 0.154. The second-order valence-corrected chi connectivity index (χ2v) is 4.78. The molecule has 4 nitrogen and oxygen atoms in total. The van der Waals surface area contributed by atoms with Gasteiger partial charge in [0.05, 0.1) is 17.0 Å². The van der Waals surface area contributed by atoms with Crippen LogP contribution in [0, 0.1) is 11.8 Å². The van der Waals surface area contributed by atoms with Crippen molar-refractivity contribution in [3.05, 3.63) is 29.3 Å². The molecule has 1 aromatic carbocycles. The number of thioether (sulfide) groups is 1. The van der Waals surface area contributed by atoms with Crippen molar-refractivity contribution in [3.8, 4) is 11.8 Å². The summed E-state index contributed by atoms with van der Waals surface area (Å²) in [5.41, 5.74) is 1.58. The number of ketones is 1. The van der Waals surface area contributed by atoms with Crippen LogP contribution in [-0.4, -0.2) is 22.6 Å². The topological polar surface area (TPSA) is 63.2 Å². The Hall–Kier alpha value is -2.06. The smallest absolute Gasteiger partial charge is 0.296 e. The van der Waals surface area contributed by atoms with Gasteiger partial charge in [-0.2, -0.15) is 0 Å². The van der Waals surface area contributed by atoms with Crippen LogP contribution < -0.4 is 5.32 Å². The molecule has 0 spiro atoms. The van der Waals surface area contributed by atoms with Crippen LogP contribution in [0.4, 0.5) is 5.69 Å². The van der Waals surface area contributed by atoms with Crippen molar-refractivity contribution in [1.29, 1.82) is 0 Å². The van der Waals surface area contributed by atoms with Gasteiger partial charge in [-0.15, -0.1) is 0 Å². The minimum atomic E-state index is -0.609. The Morgan fingerprint density at radius 1 is 1.39 bits per heavy atom. The number of anilines is 1. The van der Waals surface area contributed by atoms with Gasteiger partial charge in [-0.05, 0) is 18.2 Å². The highest BCUT2D eigenvalue weighted by atomic mass is 32.2. The third-order valence-corrected chi connectivity index (χ3v) is 2.99. The maximum atomic E-state index is 11.4. The zero-order valence-corrected chi connectivity index (χ0v) is 10.4. The summed E-state index contributed by atoms with van der Waals surface area (Å²) in [6.45, 7) is 1.49. The molecule has 0 atom stereocenters. The van der Waals surface area contributed by atoms with Gasteiger partial charge < -0.3 is 5.32 Å². The number of fused-ring (bicyclic) bond motifs is 1. The molecule has 1 aliphatic heterocycles. The number of Topliss-reactive ketones (excluding diaryl/α,β-unsaturated/α-hetero) is 1. The second kappa shape index (κ2) is 5.07. The van der Waals surface area contributed by atoms with E-state index in [1.165, 1.54) is 6.92 Å². The lowest BCUT2D eigenvalue weighted by Crippen LogP contribution is -2.12. The quantitative estimate of drug-likeness (QED) is 0.612. The standard InChI is InChI=1S/C13H9NO3S/c1-8(15)18-6-2-3-9-4-5-10-11(7-9)14-13(17)12(10)16/h4-5,7H,6H2,1H3,(H,14,16,17). The lowest BCUT2D eigenvalue weighted by Gasteiger charge is -1.96. The molecule has 18 heavy (non-hydrogen) atoms. The maximum absolute atomic E-state index is 11.4. The van der Waals surface area contributed by atoms with Crippen LogP contribution in [0.15, 0.2) is 18.2 Å². The number of amides is 1.